The van der Waals surface area contributed by atoms with E-state index in [9.17, 15) is 18.0 Å². The molecule has 0 aromatic carbocycles. The molecule has 0 bridgehead atoms. The van der Waals surface area contributed by atoms with Crippen molar-refractivity contribution in [1.29, 1.82) is 0 Å². The zero-order valence-electron chi connectivity index (χ0n) is 16.7. The third-order valence-electron chi connectivity index (χ3n) is 5.16. The van der Waals surface area contributed by atoms with Gasteiger partial charge in [-0.3, -0.25) is 9.59 Å². The van der Waals surface area contributed by atoms with E-state index >= 15 is 0 Å². The molecule has 2 aliphatic rings. The number of nitrogens with one attached hydrogen (secondary N) is 2. The van der Waals surface area contributed by atoms with Crippen LogP contribution in [-0.2, 0) is 27.4 Å². The van der Waals surface area contributed by atoms with Gasteiger partial charge in [-0.15, -0.1) is 11.3 Å². The number of aryl methyl sites for hydroxylation is 1. The molecule has 31 heavy (non-hydrogen) atoms. The van der Waals surface area contributed by atoms with Gasteiger partial charge in [0, 0.05) is 24.3 Å². The van der Waals surface area contributed by atoms with Crippen LogP contribution < -0.4 is 10.6 Å². The first kappa shape index (κ1) is 22.1. The van der Waals surface area contributed by atoms with Crippen molar-refractivity contribution in [2.75, 3.05) is 24.7 Å². The maximum Gasteiger partial charge on any atom is 0.276 e. The number of sulfone groups is 1. The standard InChI is InChI=1S/C19H21ClN4O5S2/c1-31(27,28)19-22-9-12(20)15(23-19)17(26)24-18-14(11-5-2-6-13(11)30-18)16(25)21-8-10-4-3-7-29-10/h9-10H,2-8H2,1H3,(H,21,25)(H,24,26)/t10-/m1/s1. The van der Waals surface area contributed by atoms with E-state index in [0.717, 1.165) is 55.0 Å². The van der Waals surface area contributed by atoms with Crippen molar-refractivity contribution in [3.63, 3.8) is 0 Å². The Bertz CT molecular complexity index is 1140. The maximum absolute atomic E-state index is 13.0. The van der Waals surface area contributed by atoms with Gasteiger partial charge in [0.2, 0.25) is 15.0 Å². The number of ether oxygens (including phenoxy) is 1. The molecule has 1 aliphatic carbocycles. The van der Waals surface area contributed by atoms with E-state index in [1.165, 1.54) is 11.3 Å². The van der Waals surface area contributed by atoms with Crippen LogP contribution in [-0.4, -0.2) is 55.7 Å². The number of rotatable bonds is 6. The average Bonchev–Trinajstić information content (AvgIpc) is 3.43. The molecular weight excluding hydrogens is 464 g/mol. The SMILES string of the molecule is CS(=O)(=O)c1ncc(Cl)c(C(=O)Nc2sc3c(c2C(=O)NC[C@H]2CCCO2)CCC3)n1. The molecule has 0 saturated carbocycles. The quantitative estimate of drug-likeness (QED) is 0.602. The number of amides is 2. The maximum atomic E-state index is 13.0. The molecule has 4 rings (SSSR count). The summed E-state index contributed by atoms with van der Waals surface area (Å²) in [5, 5.41) is 5.43. The van der Waals surface area contributed by atoms with E-state index in [1.807, 2.05) is 0 Å². The lowest BCUT2D eigenvalue weighted by Crippen LogP contribution is -2.32. The van der Waals surface area contributed by atoms with Gasteiger partial charge in [-0.05, 0) is 37.7 Å². The average molecular weight is 485 g/mol. The molecule has 3 heterocycles. The van der Waals surface area contributed by atoms with E-state index in [1.54, 1.807) is 0 Å². The van der Waals surface area contributed by atoms with Gasteiger partial charge in [0.1, 0.15) is 5.00 Å². The zero-order valence-corrected chi connectivity index (χ0v) is 19.1. The van der Waals surface area contributed by atoms with Crippen LogP contribution in [0.1, 0.15) is 50.5 Å². The Morgan fingerprint density at radius 3 is 2.81 bits per heavy atom. The molecule has 9 nitrogen and oxygen atoms in total. The van der Waals surface area contributed by atoms with Crippen LogP contribution in [0.25, 0.3) is 0 Å². The van der Waals surface area contributed by atoms with Crippen molar-refractivity contribution < 1.29 is 22.7 Å². The zero-order chi connectivity index (χ0) is 22.2. The summed E-state index contributed by atoms with van der Waals surface area (Å²) in [7, 11) is -3.72. The Kier molecular flexibility index (Phi) is 6.29. The predicted molar refractivity (Wildman–Crippen MR) is 116 cm³/mol. The van der Waals surface area contributed by atoms with E-state index in [0.29, 0.717) is 23.7 Å². The number of nitrogens with zero attached hydrogens (tertiary/aromatic N) is 2. The molecule has 166 valence electrons. The first-order chi connectivity index (χ1) is 14.7. The molecule has 2 amide bonds. The second-order valence-electron chi connectivity index (χ2n) is 7.48. The number of aromatic nitrogens is 2. The highest BCUT2D eigenvalue weighted by molar-refractivity contribution is 7.90. The van der Waals surface area contributed by atoms with Crippen LogP contribution >= 0.6 is 22.9 Å². The number of hydrogen-bond donors (Lipinski definition) is 2. The highest BCUT2D eigenvalue weighted by Gasteiger charge is 2.29. The molecule has 2 N–H and O–H groups in total. The molecule has 2 aromatic rings. The van der Waals surface area contributed by atoms with E-state index < -0.39 is 20.9 Å². The summed E-state index contributed by atoms with van der Waals surface area (Å²) in [5.41, 5.74) is 1.12. The third-order valence-corrected chi connectivity index (χ3v) is 7.50. The number of fused-ring (bicyclic) bond motifs is 1. The van der Waals surface area contributed by atoms with Gasteiger partial charge >= 0.3 is 0 Å². The van der Waals surface area contributed by atoms with E-state index in [4.69, 9.17) is 16.3 Å². The minimum absolute atomic E-state index is 0.00270. The molecular formula is C19H21ClN4O5S2. The first-order valence-corrected chi connectivity index (χ1v) is 12.9. The van der Waals surface area contributed by atoms with Crippen molar-refractivity contribution in [2.45, 2.75) is 43.4 Å². The van der Waals surface area contributed by atoms with Gasteiger partial charge in [-0.1, -0.05) is 11.6 Å². The monoisotopic (exact) mass is 484 g/mol. The lowest BCUT2D eigenvalue weighted by atomic mass is 10.1. The van der Waals surface area contributed by atoms with Crippen molar-refractivity contribution in [3.05, 3.63) is 32.9 Å². The molecule has 1 atom stereocenters. The number of anilines is 1. The highest BCUT2D eigenvalue weighted by Crippen LogP contribution is 2.39. The van der Waals surface area contributed by atoms with Crippen molar-refractivity contribution in [1.82, 2.24) is 15.3 Å². The summed E-state index contributed by atoms with van der Waals surface area (Å²) in [6.45, 7) is 1.11. The van der Waals surface area contributed by atoms with Crippen LogP contribution in [0.3, 0.4) is 0 Å². The van der Waals surface area contributed by atoms with Gasteiger partial charge < -0.3 is 15.4 Å². The van der Waals surface area contributed by atoms with Gasteiger partial charge in [0.05, 0.1) is 22.9 Å². The number of halogens is 1. The fourth-order valence-corrected chi connectivity index (χ4v) is 5.64. The summed E-state index contributed by atoms with van der Waals surface area (Å²) in [6.07, 6.45) is 6.46. The summed E-state index contributed by atoms with van der Waals surface area (Å²) in [4.78, 5) is 34.4. The van der Waals surface area contributed by atoms with E-state index in [2.05, 4.69) is 20.6 Å². The van der Waals surface area contributed by atoms with Crippen molar-refractivity contribution >= 4 is 49.6 Å². The second kappa shape index (κ2) is 8.81. The Morgan fingerprint density at radius 2 is 2.10 bits per heavy atom. The third kappa shape index (κ3) is 4.74. The second-order valence-corrected chi connectivity index (χ2v) is 10.9. The van der Waals surface area contributed by atoms with Gasteiger partial charge in [0.25, 0.3) is 11.8 Å². The lowest BCUT2D eigenvalue weighted by molar-refractivity contribution is 0.0858. The highest BCUT2D eigenvalue weighted by atomic mass is 35.5. The smallest absolute Gasteiger partial charge is 0.276 e. The van der Waals surface area contributed by atoms with Gasteiger partial charge in [0.15, 0.2) is 5.69 Å². The van der Waals surface area contributed by atoms with Gasteiger partial charge in [-0.2, -0.15) is 0 Å². The Morgan fingerprint density at radius 1 is 1.29 bits per heavy atom. The molecule has 2 aromatic heterocycles. The summed E-state index contributed by atoms with van der Waals surface area (Å²) >= 11 is 7.38. The van der Waals surface area contributed by atoms with Gasteiger partial charge in [-0.25, -0.2) is 18.4 Å². The molecule has 0 spiro atoms. The first-order valence-electron chi connectivity index (χ1n) is 9.82. The Labute approximate surface area is 188 Å². The van der Waals surface area contributed by atoms with Crippen LogP contribution in [0.4, 0.5) is 5.00 Å². The van der Waals surface area contributed by atoms with Crippen LogP contribution in [0.15, 0.2) is 11.4 Å². The molecule has 12 heteroatoms. The molecule has 1 aliphatic heterocycles. The Hall–Kier alpha value is -2.08. The van der Waals surface area contributed by atoms with Crippen molar-refractivity contribution in [2.24, 2.45) is 0 Å². The number of thiophene rings is 1. The van der Waals surface area contributed by atoms with E-state index in [-0.39, 0.29) is 22.7 Å². The molecule has 1 saturated heterocycles. The molecule has 0 radical (unpaired) electrons. The minimum Gasteiger partial charge on any atom is -0.376 e. The number of hydrogen-bond acceptors (Lipinski definition) is 8. The van der Waals surface area contributed by atoms with Crippen molar-refractivity contribution in [3.8, 4) is 0 Å². The predicted octanol–water partition coefficient (Wildman–Crippen LogP) is 2.24. The van der Waals surface area contributed by atoms with Crippen LogP contribution in [0.2, 0.25) is 5.02 Å². The summed E-state index contributed by atoms with van der Waals surface area (Å²) in [5.74, 6) is -0.971. The topological polar surface area (TPSA) is 127 Å². The number of carbonyl (C=O) groups excluding carboxylic acids is 2. The summed E-state index contributed by atoms with van der Waals surface area (Å²) < 4.78 is 29.0. The Balaban J connectivity index is 1.59. The molecule has 1 fully saturated rings. The van der Waals surface area contributed by atoms with Crippen LogP contribution in [0, 0.1) is 0 Å². The largest absolute Gasteiger partial charge is 0.376 e. The molecule has 0 unspecified atom stereocenters. The fraction of sp³-hybridized carbons (Fsp3) is 0.474. The normalized spacial score (nSPS) is 18.1. The fourth-order valence-electron chi connectivity index (χ4n) is 3.68. The lowest BCUT2D eigenvalue weighted by Gasteiger charge is -2.13. The van der Waals surface area contributed by atoms with Crippen LogP contribution in [0.5, 0.6) is 0 Å². The number of carbonyl (C=O) groups is 2. The minimum atomic E-state index is -3.72. The summed E-state index contributed by atoms with van der Waals surface area (Å²) in [6, 6.07) is 0.